The molecule has 0 bridgehead atoms. The first kappa shape index (κ1) is 7.33. The molecule has 0 aromatic rings. The van der Waals surface area contributed by atoms with Gasteiger partial charge in [0.1, 0.15) is 0 Å². The minimum absolute atomic E-state index is 0.207. The normalized spacial score (nSPS) is 7.62. The molecule has 0 saturated carbocycles. The minimum Gasteiger partial charge on any atom is -0.288 e. The highest BCUT2D eigenvalue weighted by atomic mass is 32.1. The first-order valence-corrected chi connectivity index (χ1v) is 2.44. The van der Waals surface area contributed by atoms with E-state index in [1.807, 2.05) is 0 Å². The van der Waals surface area contributed by atoms with Gasteiger partial charge in [0.25, 0.3) is 0 Å². The molecule has 44 valence electrons. The van der Waals surface area contributed by atoms with Crippen molar-refractivity contribution < 1.29 is 4.79 Å². The Balaban J connectivity index is 3.18. The van der Waals surface area contributed by atoms with E-state index in [9.17, 15) is 4.79 Å². The van der Waals surface area contributed by atoms with Crippen molar-refractivity contribution in [2.45, 2.75) is 6.42 Å². The van der Waals surface area contributed by atoms with Crippen molar-refractivity contribution >= 4 is 17.7 Å². The largest absolute Gasteiger partial charge is 0.288 e. The van der Waals surface area contributed by atoms with Crippen LogP contribution in [0.25, 0.3) is 10.4 Å². The van der Waals surface area contributed by atoms with E-state index >= 15 is 0 Å². The van der Waals surface area contributed by atoms with Gasteiger partial charge in [-0.15, -0.1) is 12.6 Å². The molecule has 0 aromatic heterocycles. The molecule has 0 unspecified atom stereocenters. The monoisotopic (exact) mass is 131 g/mol. The van der Waals surface area contributed by atoms with Crippen LogP contribution in [0, 0.1) is 0 Å². The molecule has 0 heterocycles. The number of hydrogen-bond donors (Lipinski definition) is 1. The number of thiol groups is 1. The molecule has 0 aromatic carbocycles. The Bertz CT molecular complexity index is 126. The zero-order chi connectivity index (χ0) is 6.41. The molecular weight excluding hydrogens is 126 g/mol. The summed E-state index contributed by atoms with van der Waals surface area (Å²) in [5, 5.41) is 2.87. The van der Waals surface area contributed by atoms with Crippen molar-refractivity contribution in [3.63, 3.8) is 0 Å². The van der Waals surface area contributed by atoms with E-state index in [1.54, 1.807) is 0 Å². The van der Waals surface area contributed by atoms with Crippen molar-refractivity contribution in [1.82, 2.24) is 0 Å². The van der Waals surface area contributed by atoms with Gasteiger partial charge in [-0.05, 0) is 5.53 Å². The van der Waals surface area contributed by atoms with Gasteiger partial charge in [0.2, 0.25) is 0 Å². The second-order valence-corrected chi connectivity index (χ2v) is 1.60. The molecule has 0 aliphatic carbocycles. The van der Waals surface area contributed by atoms with Crippen LogP contribution in [0.2, 0.25) is 0 Å². The van der Waals surface area contributed by atoms with Crippen LogP contribution in [0.4, 0.5) is 0 Å². The topological polar surface area (TPSA) is 65.8 Å². The number of carbonyl (C=O) groups is 1. The van der Waals surface area contributed by atoms with E-state index in [0.29, 0.717) is 0 Å². The lowest BCUT2D eigenvalue weighted by atomic mass is 10.5. The molecular formula is C3H5N3OS. The van der Waals surface area contributed by atoms with Crippen LogP contribution in [0.1, 0.15) is 6.42 Å². The maximum Gasteiger partial charge on any atom is 0.186 e. The average Bonchev–Trinajstić information content (AvgIpc) is 1.66. The highest BCUT2D eigenvalue weighted by Gasteiger charge is 1.88. The molecule has 0 rings (SSSR count). The zero-order valence-electron chi connectivity index (χ0n) is 4.11. The van der Waals surface area contributed by atoms with E-state index in [2.05, 4.69) is 22.7 Å². The highest BCUT2D eigenvalue weighted by Crippen LogP contribution is 1.86. The summed E-state index contributed by atoms with van der Waals surface area (Å²) >= 11 is 3.45. The van der Waals surface area contributed by atoms with Crippen molar-refractivity contribution in [3.05, 3.63) is 10.4 Å². The van der Waals surface area contributed by atoms with Crippen LogP contribution in [-0.2, 0) is 4.79 Å². The first-order valence-electron chi connectivity index (χ1n) is 2.00. The van der Waals surface area contributed by atoms with E-state index in [-0.39, 0.29) is 18.1 Å². The SMILES string of the molecule is [N-]=[N+]=NCCC(=O)S. The first-order chi connectivity index (χ1) is 3.77. The van der Waals surface area contributed by atoms with Crippen LogP contribution in [0.3, 0.4) is 0 Å². The summed E-state index contributed by atoms with van der Waals surface area (Å²) in [6, 6.07) is 0. The Morgan fingerprint density at radius 1 is 1.88 bits per heavy atom. The molecule has 5 heteroatoms. The van der Waals surface area contributed by atoms with Crippen LogP contribution in [0.15, 0.2) is 5.11 Å². The Hall–Kier alpha value is -0.670. The van der Waals surface area contributed by atoms with Gasteiger partial charge in [-0.2, -0.15) is 0 Å². The molecule has 0 atom stereocenters. The molecule has 0 spiro atoms. The number of carbonyl (C=O) groups excluding carboxylic acids is 1. The number of rotatable bonds is 3. The van der Waals surface area contributed by atoms with Gasteiger partial charge in [0, 0.05) is 17.9 Å². The third kappa shape index (κ3) is 5.33. The Kier molecular flexibility index (Phi) is 4.11. The van der Waals surface area contributed by atoms with Crippen LogP contribution < -0.4 is 0 Å². The van der Waals surface area contributed by atoms with E-state index in [1.165, 1.54) is 0 Å². The Labute approximate surface area is 51.9 Å². The van der Waals surface area contributed by atoms with Gasteiger partial charge in [-0.1, -0.05) is 5.11 Å². The fourth-order valence-corrected chi connectivity index (χ4v) is 0.290. The van der Waals surface area contributed by atoms with Crippen LogP contribution >= 0.6 is 12.6 Å². The fraction of sp³-hybridized carbons (Fsp3) is 0.667. The van der Waals surface area contributed by atoms with Gasteiger partial charge in [0.05, 0.1) is 0 Å². The lowest BCUT2D eigenvalue weighted by Crippen LogP contribution is -1.87. The van der Waals surface area contributed by atoms with Gasteiger partial charge in [0.15, 0.2) is 5.12 Å². The number of azide groups is 1. The smallest absolute Gasteiger partial charge is 0.186 e. The number of hydrogen-bond acceptors (Lipinski definition) is 2. The van der Waals surface area contributed by atoms with E-state index in [0.717, 1.165) is 0 Å². The van der Waals surface area contributed by atoms with Crippen molar-refractivity contribution in [3.8, 4) is 0 Å². The predicted molar refractivity (Wildman–Crippen MR) is 32.6 cm³/mol. The Morgan fingerprint density at radius 2 is 2.50 bits per heavy atom. The predicted octanol–water partition coefficient (Wildman–Crippen LogP) is 1.14. The molecule has 0 saturated heterocycles. The van der Waals surface area contributed by atoms with Crippen LogP contribution in [0.5, 0.6) is 0 Å². The maximum absolute atomic E-state index is 10.00. The van der Waals surface area contributed by atoms with Crippen molar-refractivity contribution in [2.24, 2.45) is 5.11 Å². The minimum atomic E-state index is -0.252. The van der Waals surface area contributed by atoms with Gasteiger partial charge < -0.3 is 0 Å². The molecule has 0 aliphatic heterocycles. The van der Waals surface area contributed by atoms with E-state index < -0.39 is 0 Å². The molecule has 4 nitrogen and oxygen atoms in total. The third-order valence-corrected chi connectivity index (χ3v) is 0.713. The molecule has 0 aliphatic rings. The van der Waals surface area contributed by atoms with E-state index in [4.69, 9.17) is 5.53 Å². The van der Waals surface area contributed by atoms with Crippen molar-refractivity contribution in [2.75, 3.05) is 6.54 Å². The molecule has 0 N–H and O–H groups in total. The van der Waals surface area contributed by atoms with Crippen molar-refractivity contribution in [1.29, 1.82) is 0 Å². The maximum atomic E-state index is 10.00. The van der Waals surface area contributed by atoms with Crippen LogP contribution in [-0.4, -0.2) is 11.7 Å². The highest BCUT2D eigenvalue weighted by molar-refractivity contribution is 7.96. The lowest BCUT2D eigenvalue weighted by Gasteiger charge is -1.80. The summed E-state index contributed by atoms with van der Waals surface area (Å²) in [5.41, 5.74) is 7.70. The number of nitrogens with zero attached hydrogens (tertiary/aromatic N) is 3. The molecule has 0 radical (unpaired) electrons. The zero-order valence-corrected chi connectivity index (χ0v) is 5.01. The molecule has 0 amide bonds. The molecule has 8 heavy (non-hydrogen) atoms. The average molecular weight is 131 g/mol. The second kappa shape index (κ2) is 4.49. The van der Waals surface area contributed by atoms with Gasteiger partial charge in [-0.25, -0.2) is 0 Å². The fourth-order valence-electron chi connectivity index (χ4n) is 0.190. The summed E-state index contributed by atoms with van der Waals surface area (Å²) in [7, 11) is 0. The lowest BCUT2D eigenvalue weighted by molar-refractivity contribution is -0.110. The second-order valence-electron chi connectivity index (χ2n) is 1.10. The quantitative estimate of drug-likeness (QED) is 0.265. The summed E-state index contributed by atoms with van der Waals surface area (Å²) in [4.78, 5) is 12.4. The standard InChI is InChI=1S/C3H5N3OS/c4-6-5-2-1-3(7)8/h1-2H2,(H,7,8). The Morgan fingerprint density at radius 3 is 2.88 bits per heavy atom. The summed E-state index contributed by atoms with van der Waals surface area (Å²) in [6.45, 7) is 0.207. The summed E-state index contributed by atoms with van der Waals surface area (Å²) in [6.07, 6.45) is 0.215. The third-order valence-electron chi connectivity index (χ3n) is 0.489. The molecule has 0 fully saturated rings. The summed E-state index contributed by atoms with van der Waals surface area (Å²) in [5.74, 6) is 0. The van der Waals surface area contributed by atoms with Gasteiger partial charge in [-0.3, -0.25) is 4.79 Å². The van der Waals surface area contributed by atoms with Gasteiger partial charge >= 0.3 is 0 Å². The summed E-state index contributed by atoms with van der Waals surface area (Å²) < 4.78 is 0.